The Morgan fingerprint density at radius 3 is 2.10 bits per heavy atom. The lowest BCUT2D eigenvalue weighted by molar-refractivity contribution is -0.137. The molecule has 0 aliphatic carbocycles. The maximum atomic E-state index is 12.2. The normalized spacial score (nSPS) is 10.2. The molecular formula is C18H19F3N4O4. The first-order chi connectivity index (χ1) is 13.5. The molecule has 0 aliphatic heterocycles. The Morgan fingerprint density at radius 1 is 1.00 bits per heavy atom. The van der Waals surface area contributed by atoms with Crippen LogP contribution < -0.4 is 21.7 Å². The SMILES string of the molecule is CCNC(=O)Nc1ccc(C(=O)O)cc1.NC(=O)Nc1cccc(C(F)(F)F)c1. The van der Waals surface area contributed by atoms with E-state index in [-0.39, 0.29) is 17.3 Å². The summed E-state index contributed by atoms with van der Waals surface area (Å²) >= 11 is 0. The molecule has 0 aliphatic rings. The fourth-order valence-electron chi connectivity index (χ4n) is 1.95. The van der Waals surface area contributed by atoms with Crippen LogP contribution in [0.4, 0.5) is 34.1 Å². The highest BCUT2D eigenvalue weighted by atomic mass is 19.4. The van der Waals surface area contributed by atoms with Crippen molar-refractivity contribution in [1.82, 2.24) is 5.32 Å². The van der Waals surface area contributed by atoms with Crippen molar-refractivity contribution in [3.05, 3.63) is 59.7 Å². The number of carboxylic acids is 1. The number of nitrogens with two attached hydrogens (primary N) is 1. The number of amides is 4. The first-order valence-corrected chi connectivity index (χ1v) is 8.14. The predicted octanol–water partition coefficient (Wildman–Crippen LogP) is 3.72. The van der Waals surface area contributed by atoms with Crippen LogP contribution >= 0.6 is 0 Å². The van der Waals surface area contributed by atoms with Crippen molar-refractivity contribution in [2.45, 2.75) is 13.1 Å². The topological polar surface area (TPSA) is 134 Å². The maximum Gasteiger partial charge on any atom is 0.416 e. The zero-order chi connectivity index (χ0) is 22.0. The summed E-state index contributed by atoms with van der Waals surface area (Å²) in [4.78, 5) is 32.0. The highest BCUT2D eigenvalue weighted by molar-refractivity contribution is 5.91. The number of hydrogen-bond acceptors (Lipinski definition) is 3. The minimum absolute atomic E-state index is 0.0207. The van der Waals surface area contributed by atoms with Crippen molar-refractivity contribution in [3.63, 3.8) is 0 Å². The Bertz CT molecular complexity index is 855. The number of carbonyl (C=O) groups is 3. The lowest BCUT2D eigenvalue weighted by atomic mass is 10.2. The fraction of sp³-hybridized carbons (Fsp3) is 0.167. The molecule has 0 fully saturated rings. The van der Waals surface area contributed by atoms with E-state index in [0.29, 0.717) is 12.2 Å². The molecule has 0 saturated heterocycles. The molecule has 4 amide bonds. The van der Waals surface area contributed by atoms with Gasteiger partial charge in [-0.05, 0) is 49.4 Å². The van der Waals surface area contributed by atoms with Crippen molar-refractivity contribution in [2.75, 3.05) is 17.2 Å². The van der Waals surface area contributed by atoms with E-state index in [0.717, 1.165) is 12.1 Å². The largest absolute Gasteiger partial charge is 0.478 e. The van der Waals surface area contributed by atoms with Gasteiger partial charge in [-0.3, -0.25) is 0 Å². The maximum absolute atomic E-state index is 12.2. The average Bonchev–Trinajstić information content (AvgIpc) is 2.62. The van der Waals surface area contributed by atoms with Gasteiger partial charge in [0.1, 0.15) is 0 Å². The Labute approximate surface area is 163 Å². The molecule has 0 unspecified atom stereocenters. The number of rotatable bonds is 4. The molecule has 6 N–H and O–H groups in total. The molecule has 2 aromatic rings. The second kappa shape index (κ2) is 10.5. The summed E-state index contributed by atoms with van der Waals surface area (Å²) in [5, 5.41) is 15.8. The standard InChI is InChI=1S/C10H12N2O3.C8H7F3N2O/c1-2-11-10(15)12-8-5-3-7(4-6-8)9(13)14;9-8(10,11)5-2-1-3-6(4-5)13-7(12)14/h3-6H,2H2,1H3,(H,13,14)(H2,11,12,15);1-4H,(H3,12,13,14). The molecule has 2 rings (SSSR count). The van der Waals surface area contributed by atoms with Crippen molar-refractivity contribution < 1.29 is 32.7 Å². The van der Waals surface area contributed by atoms with Gasteiger partial charge in [-0.15, -0.1) is 0 Å². The lowest BCUT2D eigenvalue weighted by Gasteiger charge is -2.08. The van der Waals surface area contributed by atoms with E-state index in [1.165, 1.54) is 24.3 Å². The molecule has 0 heterocycles. The second-order valence-corrected chi connectivity index (χ2v) is 5.43. The molecular weight excluding hydrogens is 393 g/mol. The van der Waals surface area contributed by atoms with Crippen molar-refractivity contribution in [3.8, 4) is 0 Å². The van der Waals surface area contributed by atoms with Gasteiger partial charge in [0.05, 0.1) is 11.1 Å². The number of hydrogen-bond donors (Lipinski definition) is 5. The molecule has 0 spiro atoms. The van der Waals surface area contributed by atoms with Crippen molar-refractivity contribution in [1.29, 1.82) is 0 Å². The third-order valence-corrected chi connectivity index (χ3v) is 3.18. The third kappa shape index (κ3) is 8.65. The highest BCUT2D eigenvalue weighted by Gasteiger charge is 2.30. The van der Waals surface area contributed by atoms with Crippen LogP contribution in [0, 0.1) is 0 Å². The minimum Gasteiger partial charge on any atom is -0.478 e. The van der Waals surface area contributed by atoms with Gasteiger partial charge in [0.2, 0.25) is 0 Å². The summed E-state index contributed by atoms with van der Waals surface area (Å²) in [5.74, 6) is -0.987. The minimum atomic E-state index is -4.42. The number of carboxylic acid groups (broad SMARTS) is 1. The third-order valence-electron chi connectivity index (χ3n) is 3.18. The van der Waals surface area contributed by atoms with Gasteiger partial charge in [-0.1, -0.05) is 6.07 Å². The molecule has 0 radical (unpaired) electrons. The van der Waals surface area contributed by atoms with Crippen LogP contribution in [0.2, 0.25) is 0 Å². The Hall–Kier alpha value is -3.76. The molecule has 8 nitrogen and oxygen atoms in total. The number of halogens is 3. The Kier molecular flexibility index (Phi) is 8.46. The van der Waals surface area contributed by atoms with Gasteiger partial charge in [-0.25, -0.2) is 14.4 Å². The lowest BCUT2D eigenvalue weighted by Crippen LogP contribution is -2.28. The summed E-state index contributed by atoms with van der Waals surface area (Å²) < 4.78 is 36.5. The van der Waals surface area contributed by atoms with Crippen LogP contribution in [0.15, 0.2) is 48.5 Å². The van der Waals surface area contributed by atoms with Gasteiger partial charge in [0.25, 0.3) is 0 Å². The van der Waals surface area contributed by atoms with E-state index in [2.05, 4.69) is 16.0 Å². The molecule has 2 aromatic carbocycles. The summed E-state index contributed by atoms with van der Waals surface area (Å²) in [7, 11) is 0. The molecule has 0 bridgehead atoms. The number of anilines is 2. The van der Waals surface area contributed by atoms with E-state index >= 15 is 0 Å². The molecule has 11 heteroatoms. The van der Waals surface area contributed by atoms with Gasteiger partial charge >= 0.3 is 24.2 Å². The Balaban J connectivity index is 0.000000291. The first kappa shape index (κ1) is 23.3. The highest BCUT2D eigenvalue weighted by Crippen LogP contribution is 2.30. The second-order valence-electron chi connectivity index (χ2n) is 5.43. The van der Waals surface area contributed by atoms with Crippen LogP contribution in [0.25, 0.3) is 0 Å². The van der Waals surface area contributed by atoms with Crippen molar-refractivity contribution >= 4 is 29.4 Å². The number of carbonyl (C=O) groups excluding carboxylic acids is 2. The summed E-state index contributed by atoms with van der Waals surface area (Å²) in [6.45, 7) is 2.35. The van der Waals surface area contributed by atoms with Crippen molar-refractivity contribution in [2.24, 2.45) is 5.73 Å². The zero-order valence-corrected chi connectivity index (χ0v) is 15.2. The number of alkyl halides is 3. The number of urea groups is 2. The predicted molar refractivity (Wildman–Crippen MR) is 101 cm³/mol. The average molecular weight is 412 g/mol. The first-order valence-electron chi connectivity index (χ1n) is 8.14. The molecule has 29 heavy (non-hydrogen) atoms. The smallest absolute Gasteiger partial charge is 0.416 e. The number of primary amides is 1. The van der Waals surface area contributed by atoms with Crippen LogP contribution in [0.1, 0.15) is 22.8 Å². The Morgan fingerprint density at radius 2 is 1.62 bits per heavy atom. The molecule has 0 saturated carbocycles. The van der Waals surface area contributed by atoms with Crippen LogP contribution in [0.5, 0.6) is 0 Å². The number of benzene rings is 2. The number of aromatic carboxylic acids is 1. The van der Waals surface area contributed by atoms with E-state index in [9.17, 15) is 27.6 Å². The van der Waals surface area contributed by atoms with Crippen LogP contribution in [-0.2, 0) is 6.18 Å². The van der Waals surface area contributed by atoms with E-state index in [4.69, 9.17) is 10.8 Å². The molecule has 0 atom stereocenters. The zero-order valence-electron chi connectivity index (χ0n) is 15.2. The summed E-state index contributed by atoms with van der Waals surface area (Å²) in [5.41, 5.74) is 4.70. The number of nitrogens with one attached hydrogen (secondary N) is 3. The monoisotopic (exact) mass is 412 g/mol. The fourth-order valence-corrected chi connectivity index (χ4v) is 1.95. The van der Waals surface area contributed by atoms with E-state index in [1.807, 2.05) is 6.92 Å². The van der Waals surface area contributed by atoms with Gasteiger partial charge in [0, 0.05) is 17.9 Å². The molecule has 0 aromatic heterocycles. The van der Waals surface area contributed by atoms with E-state index < -0.39 is 23.7 Å². The van der Waals surface area contributed by atoms with Gasteiger partial charge < -0.3 is 26.8 Å². The summed E-state index contributed by atoms with van der Waals surface area (Å²) in [6.07, 6.45) is -4.42. The van der Waals surface area contributed by atoms with E-state index in [1.54, 1.807) is 12.1 Å². The van der Waals surface area contributed by atoms with Crippen LogP contribution in [0.3, 0.4) is 0 Å². The summed E-state index contributed by atoms with van der Waals surface area (Å²) in [6, 6.07) is 8.97. The van der Waals surface area contributed by atoms with Gasteiger partial charge in [0.15, 0.2) is 0 Å². The van der Waals surface area contributed by atoms with Gasteiger partial charge in [-0.2, -0.15) is 13.2 Å². The van der Waals surface area contributed by atoms with Crippen LogP contribution in [-0.4, -0.2) is 29.7 Å². The molecule has 156 valence electrons. The quantitative estimate of drug-likeness (QED) is 0.523.